The molecule has 0 aliphatic heterocycles. The van der Waals surface area contributed by atoms with Crippen LogP contribution in [0.5, 0.6) is 0 Å². The van der Waals surface area contributed by atoms with Crippen LogP contribution in [0.15, 0.2) is 24.3 Å². The van der Waals surface area contributed by atoms with Crippen LogP contribution in [0.4, 0.5) is 4.39 Å². The predicted molar refractivity (Wildman–Crippen MR) is 97.9 cm³/mol. The highest BCUT2D eigenvalue weighted by Crippen LogP contribution is 2.44. The first-order chi connectivity index (χ1) is 12.2. The van der Waals surface area contributed by atoms with E-state index in [1.807, 2.05) is 0 Å². The van der Waals surface area contributed by atoms with Crippen molar-refractivity contribution in [2.75, 3.05) is 0 Å². The van der Waals surface area contributed by atoms with Gasteiger partial charge >= 0.3 is 5.97 Å². The van der Waals surface area contributed by atoms with E-state index in [9.17, 15) is 9.18 Å². The fraction of sp³-hybridized carbons (Fsp3) is 0.682. The highest BCUT2D eigenvalue weighted by atomic mass is 19.1. The Balaban J connectivity index is 1.46. The fourth-order valence-electron chi connectivity index (χ4n) is 4.80. The molecule has 1 aromatic carbocycles. The Morgan fingerprint density at radius 3 is 2.52 bits per heavy atom. The number of hydrogen-bond donors (Lipinski definition) is 0. The summed E-state index contributed by atoms with van der Waals surface area (Å²) in [5, 5.41) is 0. The SMILES string of the molecule is CCCCCC1CCC2CC(OC(=O)c3ccc(F)cc3)CCC2C1. The second kappa shape index (κ2) is 8.82. The summed E-state index contributed by atoms with van der Waals surface area (Å²) in [6, 6.07) is 5.64. The van der Waals surface area contributed by atoms with Gasteiger partial charge in [0.25, 0.3) is 0 Å². The number of carbonyl (C=O) groups is 1. The second-order valence-corrected chi connectivity index (χ2v) is 8.04. The standard InChI is InChI=1S/C22H31FO2/c1-2-3-4-5-16-6-7-19-15-21(13-10-18(19)14-16)25-22(24)17-8-11-20(23)12-9-17/h8-9,11-12,16,18-19,21H,2-7,10,13-15H2,1H3. The number of rotatable bonds is 6. The number of hydrogen-bond acceptors (Lipinski definition) is 2. The van der Waals surface area contributed by atoms with Crippen molar-refractivity contribution in [3.63, 3.8) is 0 Å². The van der Waals surface area contributed by atoms with Gasteiger partial charge in [0.15, 0.2) is 0 Å². The van der Waals surface area contributed by atoms with Crippen molar-refractivity contribution in [2.24, 2.45) is 17.8 Å². The fourth-order valence-corrected chi connectivity index (χ4v) is 4.80. The molecule has 0 spiro atoms. The normalized spacial score (nSPS) is 29.0. The van der Waals surface area contributed by atoms with Gasteiger partial charge in [0.1, 0.15) is 11.9 Å². The molecule has 2 saturated carbocycles. The van der Waals surface area contributed by atoms with Crippen LogP contribution in [0, 0.1) is 23.6 Å². The first-order valence-corrected chi connectivity index (χ1v) is 10.1. The Labute approximate surface area is 151 Å². The molecule has 0 aromatic heterocycles. The number of benzene rings is 1. The summed E-state index contributed by atoms with van der Waals surface area (Å²) in [5.41, 5.74) is 0.447. The molecule has 138 valence electrons. The van der Waals surface area contributed by atoms with Gasteiger partial charge in [-0.1, -0.05) is 39.0 Å². The van der Waals surface area contributed by atoms with Gasteiger partial charge in [0, 0.05) is 0 Å². The number of ether oxygens (including phenoxy) is 1. The minimum Gasteiger partial charge on any atom is -0.459 e. The van der Waals surface area contributed by atoms with Crippen molar-refractivity contribution in [1.29, 1.82) is 0 Å². The van der Waals surface area contributed by atoms with Gasteiger partial charge in [-0.15, -0.1) is 0 Å². The van der Waals surface area contributed by atoms with E-state index in [1.54, 1.807) is 0 Å². The number of carbonyl (C=O) groups excluding carboxylic acids is 1. The number of halogens is 1. The Morgan fingerprint density at radius 2 is 1.76 bits per heavy atom. The maximum atomic E-state index is 13.0. The lowest BCUT2D eigenvalue weighted by atomic mass is 9.66. The lowest BCUT2D eigenvalue weighted by molar-refractivity contribution is -0.00628. The largest absolute Gasteiger partial charge is 0.459 e. The van der Waals surface area contributed by atoms with Gasteiger partial charge in [-0.3, -0.25) is 0 Å². The molecule has 3 rings (SSSR count). The van der Waals surface area contributed by atoms with Crippen LogP contribution in [0.2, 0.25) is 0 Å². The first-order valence-electron chi connectivity index (χ1n) is 10.1. The van der Waals surface area contributed by atoms with Crippen molar-refractivity contribution < 1.29 is 13.9 Å². The molecule has 2 aliphatic carbocycles. The van der Waals surface area contributed by atoms with Crippen LogP contribution in [-0.2, 0) is 4.74 Å². The molecule has 25 heavy (non-hydrogen) atoms. The van der Waals surface area contributed by atoms with Crippen molar-refractivity contribution in [2.45, 2.75) is 77.2 Å². The smallest absolute Gasteiger partial charge is 0.338 e. The summed E-state index contributed by atoms with van der Waals surface area (Å²) in [5.74, 6) is 1.85. The molecule has 4 unspecified atom stereocenters. The van der Waals surface area contributed by atoms with Crippen molar-refractivity contribution >= 4 is 5.97 Å². The zero-order valence-electron chi connectivity index (χ0n) is 15.4. The van der Waals surface area contributed by atoms with Crippen LogP contribution in [0.3, 0.4) is 0 Å². The maximum Gasteiger partial charge on any atom is 0.338 e. The van der Waals surface area contributed by atoms with Crippen molar-refractivity contribution in [3.8, 4) is 0 Å². The summed E-state index contributed by atoms with van der Waals surface area (Å²) < 4.78 is 18.7. The third kappa shape index (κ3) is 5.05. The predicted octanol–water partition coefficient (Wildman–Crippen LogP) is 6.15. The van der Waals surface area contributed by atoms with Crippen LogP contribution in [0.1, 0.15) is 81.5 Å². The third-order valence-corrected chi connectivity index (χ3v) is 6.24. The summed E-state index contributed by atoms with van der Waals surface area (Å²) in [6.45, 7) is 2.27. The van der Waals surface area contributed by atoms with Crippen LogP contribution in [0.25, 0.3) is 0 Å². The maximum absolute atomic E-state index is 13.0. The van der Waals surface area contributed by atoms with E-state index in [-0.39, 0.29) is 17.9 Å². The van der Waals surface area contributed by atoms with Crippen LogP contribution >= 0.6 is 0 Å². The number of unbranched alkanes of at least 4 members (excludes halogenated alkanes) is 2. The van der Waals surface area contributed by atoms with Crippen LogP contribution in [-0.4, -0.2) is 12.1 Å². The topological polar surface area (TPSA) is 26.3 Å². The van der Waals surface area contributed by atoms with E-state index in [0.717, 1.165) is 30.6 Å². The average Bonchev–Trinajstić information content (AvgIpc) is 2.62. The second-order valence-electron chi connectivity index (χ2n) is 8.04. The molecule has 0 bridgehead atoms. The molecule has 2 aliphatic rings. The Morgan fingerprint density at radius 1 is 1.04 bits per heavy atom. The van der Waals surface area contributed by atoms with Crippen LogP contribution < -0.4 is 0 Å². The van der Waals surface area contributed by atoms with E-state index in [1.165, 1.54) is 75.6 Å². The number of fused-ring (bicyclic) bond motifs is 1. The summed E-state index contributed by atoms with van der Waals surface area (Å²) in [6.07, 6.45) is 12.7. The molecule has 0 heterocycles. The van der Waals surface area contributed by atoms with E-state index < -0.39 is 0 Å². The third-order valence-electron chi connectivity index (χ3n) is 6.24. The Hall–Kier alpha value is -1.38. The molecule has 4 atom stereocenters. The molecular formula is C22H31FO2. The Bertz CT molecular complexity index is 554. The van der Waals surface area contributed by atoms with E-state index in [0.29, 0.717) is 5.56 Å². The quantitative estimate of drug-likeness (QED) is 0.456. The molecular weight excluding hydrogens is 315 g/mol. The van der Waals surface area contributed by atoms with Gasteiger partial charge in [0.2, 0.25) is 0 Å². The lowest BCUT2D eigenvalue weighted by Gasteiger charge is -2.42. The highest BCUT2D eigenvalue weighted by Gasteiger charge is 2.36. The lowest BCUT2D eigenvalue weighted by Crippen LogP contribution is -2.35. The molecule has 1 aromatic rings. The van der Waals surface area contributed by atoms with Gasteiger partial charge in [-0.25, -0.2) is 9.18 Å². The zero-order valence-corrected chi connectivity index (χ0v) is 15.4. The molecule has 2 nitrogen and oxygen atoms in total. The van der Waals surface area contributed by atoms with E-state index in [2.05, 4.69) is 6.92 Å². The molecule has 2 fully saturated rings. The van der Waals surface area contributed by atoms with Gasteiger partial charge < -0.3 is 4.74 Å². The highest BCUT2D eigenvalue weighted by molar-refractivity contribution is 5.89. The molecule has 0 saturated heterocycles. The summed E-state index contributed by atoms with van der Waals surface area (Å²) in [7, 11) is 0. The van der Waals surface area contributed by atoms with E-state index >= 15 is 0 Å². The minimum absolute atomic E-state index is 0.0374. The molecule has 0 radical (unpaired) electrons. The van der Waals surface area contributed by atoms with Gasteiger partial charge in [-0.2, -0.15) is 0 Å². The van der Waals surface area contributed by atoms with E-state index in [4.69, 9.17) is 4.74 Å². The molecule has 3 heteroatoms. The molecule has 0 amide bonds. The number of esters is 1. The van der Waals surface area contributed by atoms with Gasteiger partial charge in [0.05, 0.1) is 5.56 Å². The first kappa shape index (κ1) is 18.4. The van der Waals surface area contributed by atoms with Gasteiger partial charge in [-0.05, 0) is 74.1 Å². The average molecular weight is 346 g/mol. The van der Waals surface area contributed by atoms with Crippen molar-refractivity contribution in [1.82, 2.24) is 0 Å². The van der Waals surface area contributed by atoms with Crippen molar-refractivity contribution in [3.05, 3.63) is 35.6 Å². The Kier molecular flexibility index (Phi) is 6.50. The monoisotopic (exact) mass is 346 g/mol. The summed E-state index contributed by atoms with van der Waals surface area (Å²) >= 11 is 0. The minimum atomic E-state index is -0.326. The zero-order chi connectivity index (χ0) is 17.6. The molecule has 0 N–H and O–H groups in total. The summed E-state index contributed by atoms with van der Waals surface area (Å²) in [4.78, 5) is 12.2.